The molecule has 0 unspecified atom stereocenters. The van der Waals surface area contributed by atoms with Crippen LogP contribution in [0.2, 0.25) is 0 Å². The second-order valence-electron chi connectivity index (χ2n) is 6.16. The van der Waals surface area contributed by atoms with Gasteiger partial charge in [0.05, 0.1) is 25.9 Å². The zero-order chi connectivity index (χ0) is 19.9. The average molecular weight is 385 g/mol. The van der Waals surface area contributed by atoms with Crippen molar-refractivity contribution in [2.75, 3.05) is 7.11 Å². The van der Waals surface area contributed by atoms with Gasteiger partial charge < -0.3 is 18.7 Å². The van der Waals surface area contributed by atoms with Crippen LogP contribution in [-0.2, 0) is 29.3 Å². The quantitative estimate of drug-likeness (QED) is 0.541. The fourth-order valence-corrected chi connectivity index (χ4v) is 2.60. The molecule has 0 N–H and O–H groups in total. The number of aromatic nitrogens is 1. The maximum absolute atomic E-state index is 13.8. The van der Waals surface area contributed by atoms with E-state index in [0.29, 0.717) is 33.9 Å². The Hall–Kier alpha value is -3.19. The van der Waals surface area contributed by atoms with E-state index in [1.54, 1.807) is 49.4 Å². The third kappa shape index (κ3) is 5.17. The van der Waals surface area contributed by atoms with Gasteiger partial charge in [0.1, 0.15) is 29.6 Å². The van der Waals surface area contributed by atoms with Crippen molar-refractivity contribution in [2.24, 2.45) is 0 Å². The number of methoxy groups -OCH3 is 1. The molecular formula is C21H20FNO5. The lowest BCUT2D eigenvalue weighted by Gasteiger charge is -2.11. The summed E-state index contributed by atoms with van der Waals surface area (Å²) in [6, 6.07) is 13.1. The van der Waals surface area contributed by atoms with Crippen LogP contribution >= 0.6 is 0 Å². The Kier molecular flexibility index (Phi) is 6.39. The van der Waals surface area contributed by atoms with Crippen LogP contribution in [0, 0.1) is 12.7 Å². The van der Waals surface area contributed by atoms with E-state index in [1.165, 1.54) is 13.2 Å². The maximum atomic E-state index is 13.8. The van der Waals surface area contributed by atoms with Crippen molar-refractivity contribution >= 4 is 5.97 Å². The minimum atomic E-state index is -0.496. The Bertz CT molecular complexity index is 953. The number of carbonyl (C=O) groups excluding carboxylic acids is 1. The van der Waals surface area contributed by atoms with E-state index >= 15 is 0 Å². The van der Waals surface area contributed by atoms with E-state index in [9.17, 15) is 9.18 Å². The summed E-state index contributed by atoms with van der Waals surface area (Å²) in [7, 11) is 1.30. The van der Waals surface area contributed by atoms with Crippen LogP contribution in [0.1, 0.15) is 32.9 Å². The van der Waals surface area contributed by atoms with E-state index in [0.717, 1.165) is 0 Å². The summed E-state index contributed by atoms with van der Waals surface area (Å²) >= 11 is 0. The monoisotopic (exact) mass is 385 g/mol. The molecule has 0 atom stereocenters. The molecule has 1 heterocycles. The second kappa shape index (κ2) is 9.14. The molecule has 1 aromatic heterocycles. The third-order valence-corrected chi connectivity index (χ3v) is 3.94. The molecule has 0 radical (unpaired) electrons. The molecule has 0 saturated carbocycles. The number of halogens is 1. The minimum absolute atomic E-state index is 0.0375. The highest BCUT2D eigenvalue weighted by molar-refractivity contribution is 5.90. The van der Waals surface area contributed by atoms with E-state index in [-0.39, 0.29) is 25.6 Å². The molecule has 0 saturated heterocycles. The summed E-state index contributed by atoms with van der Waals surface area (Å²) in [6.07, 6.45) is 0. The number of rotatable bonds is 8. The van der Waals surface area contributed by atoms with Crippen LogP contribution in [-0.4, -0.2) is 18.2 Å². The predicted octanol–water partition coefficient (Wildman–Crippen LogP) is 4.20. The van der Waals surface area contributed by atoms with E-state index in [4.69, 9.17) is 18.7 Å². The summed E-state index contributed by atoms with van der Waals surface area (Å²) in [4.78, 5) is 11.9. The SMILES string of the molecule is COC(=O)c1cc(COCc2cc(C)on2)cc(OCc2ccccc2F)c1. The fraction of sp³-hybridized carbons (Fsp3) is 0.238. The lowest BCUT2D eigenvalue weighted by atomic mass is 10.1. The van der Waals surface area contributed by atoms with Gasteiger partial charge in [-0.25, -0.2) is 9.18 Å². The van der Waals surface area contributed by atoms with E-state index < -0.39 is 5.97 Å². The van der Waals surface area contributed by atoms with Gasteiger partial charge in [0.25, 0.3) is 0 Å². The topological polar surface area (TPSA) is 70.8 Å². The number of nitrogens with zero attached hydrogens (tertiary/aromatic N) is 1. The molecule has 0 aliphatic carbocycles. The van der Waals surface area contributed by atoms with Crippen molar-refractivity contribution in [3.63, 3.8) is 0 Å². The Morgan fingerprint density at radius 1 is 1.11 bits per heavy atom. The lowest BCUT2D eigenvalue weighted by molar-refractivity contribution is 0.0599. The van der Waals surface area contributed by atoms with Gasteiger partial charge in [0.2, 0.25) is 0 Å². The molecule has 7 heteroatoms. The number of hydrogen-bond donors (Lipinski definition) is 0. The number of benzene rings is 2. The smallest absolute Gasteiger partial charge is 0.337 e. The first-order valence-electron chi connectivity index (χ1n) is 8.63. The van der Waals surface area contributed by atoms with Crippen molar-refractivity contribution in [1.29, 1.82) is 0 Å². The Morgan fingerprint density at radius 3 is 2.64 bits per heavy atom. The van der Waals surface area contributed by atoms with Crippen molar-refractivity contribution in [3.8, 4) is 5.75 Å². The normalized spacial score (nSPS) is 10.7. The zero-order valence-corrected chi connectivity index (χ0v) is 15.6. The van der Waals surface area contributed by atoms with Gasteiger partial charge in [-0.1, -0.05) is 23.4 Å². The highest BCUT2D eigenvalue weighted by atomic mass is 19.1. The minimum Gasteiger partial charge on any atom is -0.489 e. The molecule has 2 aromatic carbocycles. The third-order valence-electron chi connectivity index (χ3n) is 3.94. The first kappa shape index (κ1) is 19.6. The van der Waals surface area contributed by atoms with Crippen LogP contribution in [0.15, 0.2) is 53.1 Å². The van der Waals surface area contributed by atoms with Crippen molar-refractivity contribution < 1.29 is 27.9 Å². The molecule has 28 heavy (non-hydrogen) atoms. The Balaban J connectivity index is 1.70. The molecule has 3 aromatic rings. The highest BCUT2D eigenvalue weighted by Gasteiger charge is 2.11. The van der Waals surface area contributed by atoms with Crippen molar-refractivity contribution in [2.45, 2.75) is 26.7 Å². The van der Waals surface area contributed by atoms with Crippen molar-refractivity contribution in [1.82, 2.24) is 5.16 Å². The van der Waals surface area contributed by atoms with Crippen LogP contribution in [0.25, 0.3) is 0 Å². The van der Waals surface area contributed by atoms with Crippen molar-refractivity contribution in [3.05, 3.63) is 82.5 Å². The summed E-state index contributed by atoms with van der Waals surface area (Å²) in [5.74, 6) is 0.278. The van der Waals surface area contributed by atoms with Gasteiger partial charge in [-0.05, 0) is 36.8 Å². The van der Waals surface area contributed by atoms with E-state index in [2.05, 4.69) is 5.16 Å². The first-order chi connectivity index (χ1) is 13.5. The summed E-state index contributed by atoms with van der Waals surface area (Å²) < 4.78 is 34.9. The Morgan fingerprint density at radius 2 is 1.93 bits per heavy atom. The summed E-state index contributed by atoms with van der Waals surface area (Å²) in [5.41, 5.74) is 2.14. The Labute approximate surface area is 161 Å². The fourth-order valence-electron chi connectivity index (χ4n) is 2.60. The number of hydrogen-bond acceptors (Lipinski definition) is 6. The van der Waals surface area contributed by atoms with Gasteiger partial charge in [-0.3, -0.25) is 0 Å². The van der Waals surface area contributed by atoms with Gasteiger partial charge >= 0.3 is 5.97 Å². The number of carbonyl (C=O) groups is 1. The van der Waals surface area contributed by atoms with Crippen LogP contribution in [0.4, 0.5) is 4.39 Å². The number of ether oxygens (including phenoxy) is 3. The van der Waals surface area contributed by atoms with Crippen LogP contribution < -0.4 is 4.74 Å². The first-order valence-corrected chi connectivity index (χ1v) is 8.63. The second-order valence-corrected chi connectivity index (χ2v) is 6.16. The molecular weight excluding hydrogens is 365 g/mol. The highest BCUT2D eigenvalue weighted by Crippen LogP contribution is 2.21. The van der Waals surface area contributed by atoms with Gasteiger partial charge in [-0.2, -0.15) is 0 Å². The molecule has 0 amide bonds. The number of esters is 1. The number of aryl methyl sites for hydroxylation is 1. The van der Waals surface area contributed by atoms with Crippen LogP contribution in [0.3, 0.4) is 0 Å². The molecule has 3 rings (SSSR count). The molecule has 146 valence electrons. The summed E-state index contributed by atoms with van der Waals surface area (Å²) in [6.45, 7) is 2.34. The average Bonchev–Trinajstić information content (AvgIpc) is 3.11. The maximum Gasteiger partial charge on any atom is 0.337 e. The summed E-state index contributed by atoms with van der Waals surface area (Å²) in [5, 5.41) is 3.86. The molecule has 0 aliphatic rings. The zero-order valence-electron chi connectivity index (χ0n) is 15.6. The van der Waals surface area contributed by atoms with Gasteiger partial charge in [0.15, 0.2) is 0 Å². The van der Waals surface area contributed by atoms with E-state index in [1.807, 2.05) is 0 Å². The predicted molar refractivity (Wildman–Crippen MR) is 98.2 cm³/mol. The van der Waals surface area contributed by atoms with Gasteiger partial charge in [-0.15, -0.1) is 0 Å². The lowest BCUT2D eigenvalue weighted by Crippen LogP contribution is -2.05. The van der Waals surface area contributed by atoms with Crippen LogP contribution in [0.5, 0.6) is 5.75 Å². The molecule has 0 aliphatic heterocycles. The molecule has 0 fully saturated rings. The van der Waals surface area contributed by atoms with Gasteiger partial charge in [0, 0.05) is 11.6 Å². The molecule has 0 bridgehead atoms. The largest absolute Gasteiger partial charge is 0.489 e. The standard InChI is InChI=1S/C21H20FNO5/c1-14-7-18(23-28-14)13-26-11-15-8-17(21(24)25-2)10-19(9-15)27-12-16-5-3-4-6-20(16)22/h3-10H,11-13H2,1-2H3. The molecule has 6 nitrogen and oxygen atoms in total. The molecule has 0 spiro atoms.